The van der Waals surface area contributed by atoms with E-state index in [9.17, 15) is 19.1 Å². The van der Waals surface area contributed by atoms with E-state index in [-0.39, 0.29) is 17.9 Å². The Morgan fingerprint density at radius 2 is 1.91 bits per heavy atom. The number of benzene rings is 2. The van der Waals surface area contributed by atoms with Gasteiger partial charge in [0.1, 0.15) is 17.3 Å². The van der Waals surface area contributed by atoms with Crippen molar-refractivity contribution in [2.24, 2.45) is 0 Å². The van der Waals surface area contributed by atoms with Gasteiger partial charge in [-0.3, -0.25) is 14.6 Å². The molecule has 0 aliphatic carbocycles. The van der Waals surface area contributed by atoms with E-state index in [0.717, 1.165) is 12.0 Å². The number of hydrogen-bond acceptors (Lipinski definition) is 5. The van der Waals surface area contributed by atoms with E-state index in [2.05, 4.69) is 4.98 Å². The van der Waals surface area contributed by atoms with E-state index in [4.69, 9.17) is 4.74 Å². The molecule has 1 saturated heterocycles. The average molecular weight is 461 g/mol. The summed E-state index contributed by atoms with van der Waals surface area (Å²) in [4.78, 5) is 31.7. The maximum Gasteiger partial charge on any atom is 0.295 e. The Bertz CT molecular complexity index is 1240. The number of pyridine rings is 1. The molecule has 6 nitrogen and oxygen atoms in total. The molecule has 1 aliphatic heterocycles. The predicted molar refractivity (Wildman–Crippen MR) is 125 cm³/mol. The summed E-state index contributed by atoms with van der Waals surface area (Å²) in [6.07, 6.45) is 4.09. The molecule has 1 atom stereocenters. The second kappa shape index (κ2) is 9.87. The predicted octanol–water partition coefficient (Wildman–Crippen LogP) is 4.94. The molecule has 1 aliphatic rings. The van der Waals surface area contributed by atoms with Crippen LogP contribution in [0.1, 0.15) is 41.6 Å². The SMILES string of the molecule is CCCOc1ccc(/C(O)=C2/C(=O)C(=O)N(Cc3cccnc3)C2c2ccc(F)cc2)c(C)c1. The lowest BCUT2D eigenvalue weighted by Crippen LogP contribution is -2.29. The monoisotopic (exact) mass is 460 g/mol. The second-order valence-corrected chi connectivity index (χ2v) is 8.17. The number of likely N-dealkylation sites (tertiary alicyclic amines) is 1. The van der Waals surface area contributed by atoms with Crippen LogP contribution in [0.3, 0.4) is 0 Å². The first-order chi connectivity index (χ1) is 16.4. The fourth-order valence-electron chi connectivity index (χ4n) is 4.08. The van der Waals surface area contributed by atoms with Gasteiger partial charge in [0, 0.05) is 24.5 Å². The lowest BCUT2D eigenvalue weighted by molar-refractivity contribution is -0.140. The Hall–Kier alpha value is -4.00. The summed E-state index contributed by atoms with van der Waals surface area (Å²) >= 11 is 0. The van der Waals surface area contributed by atoms with Crippen molar-refractivity contribution < 1.29 is 23.8 Å². The lowest BCUT2D eigenvalue weighted by atomic mass is 9.93. The van der Waals surface area contributed by atoms with Gasteiger partial charge >= 0.3 is 0 Å². The van der Waals surface area contributed by atoms with Gasteiger partial charge in [-0.15, -0.1) is 0 Å². The van der Waals surface area contributed by atoms with Crippen molar-refractivity contribution in [3.63, 3.8) is 0 Å². The van der Waals surface area contributed by atoms with Gasteiger partial charge in [0.2, 0.25) is 0 Å². The molecule has 7 heteroatoms. The van der Waals surface area contributed by atoms with Crippen molar-refractivity contribution >= 4 is 17.4 Å². The van der Waals surface area contributed by atoms with Crippen molar-refractivity contribution in [2.75, 3.05) is 6.61 Å². The Kier molecular flexibility index (Phi) is 6.72. The minimum Gasteiger partial charge on any atom is -0.507 e. The molecule has 1 aromatic heterocycles. The average Bonchev–Trinajstić information content (AvgIpc) is 3.08. The van der Waals surface area contributed by atoms with Gasteiger partial charge in [0.05, 0.1) is 18.2 Å². The third kappa shape index (κ3) is 4.55. The van der Waals surface area contributed by atoms with Gasteiger partial charge in [0.25, 0.3) is 11.7 Å². The highest BCUT2D eigenvalue weighted by atomic mass is 19.1. The molecule has 0 spiro atoms. The van der Waals surface area contributed by atoms with E-state index >= 15 is 0 Å². The van der Waals surface area contributed by atoms with E-state index in [1.807, 2.05) is 6.92 Å². The first kappa shape index (κ1) is 23.2. The maximum absolute atomic E-state index is 13.6. The number of halogens is 1. The Morgan fingerprint density at radius 1 is 1.15 bits per heavy atom. The van der Waals surface area contributed by atoms with Gasteiger partial charge in [-0.05, 0) is 66.4 Å². The number of aromatic nitrogens is 1. The van der Waals surface area contributed by atoms with E-state index in [1.54, 1.807) is 49.6 Å². The quantitative estimate of drug-likeness (QED) is 0.307. The van der Waals surface area contributed by atoms with E-state index in [0.29, 0.717) is 29.0 Å². The number of Topliss-reactive ketones (excluding diaryl/α,β-unsaturated/α-hetero) is 1. The van der Waals surface area contributed by atoms with Gasteiger partial charge in [-0.1, -0.05) is 25.1 Å². The highest BCUT2D eigenvalue weighted by Gasteiger charge is 2.46. The third-order valence-corrected chi connectivity index (χ3v) is 5.73. The number of aliphatic hydroxyl groups excluding tert-OH is 1. The molecule has 0 radical (unpaired) electrons. The Labute approximate surface area is 197 Å². The molecule has 1 amide bonds. The molecule has 4 rings (SSSR count). The highest BCUT2D eigenvalue weighted by Crippen LogP contribution is 2.41. The summed E-state index contributed by atoms with van der Waals surface area (Å²) in [6.45, 7) is 4.48. The first-order valence-electron chi connectivity index (χ1n) is 11.1. The van der Waals surface area contributed by atoms with Crippen LogP contribution < -0.4 is 4.74 Å². The molecular weight excluding hydrogens is 435 g/mol. The zero-order chi connectivity index (χ0) is 24.2. The molecule has 0 bridgehead atoms. The number of aryl methyl sites for hydroxylation is 1. The van der Waals surface area contributed by atoms with Crippen molar-refractivity contribution in [1.29, 1.82) is 0 Å². The maximum atomic E-state index is 13.6. The van der Waals surface area contributed by atoms with Crippen LogP contribution in [0.15, 0.2) is 72.6 Å². The normalized spacial score (nSPS) is 17.3. The number of ether oxygens (including phenoxy) is 1. The van der Waals surface area contributed by atoms with Gasteiger partial charge in [-0.2, -0.15) is 0 Å². The van der Waals surface area contributed by atoms with Crippen LogP contribution in [0.25, 0.3) is 5.76 Å². The van der Waals surface area contributed by atoms with Crippen LogP contribution in [-0.4, -0.2) is 33.3 Å². The van der Waals surface area contributed by atoms with E-state index in [1.165, 1.54) is 29.2 Å². The molecular formula is C27H25FN2O4. The number of carbonyl (C=O) groups excluding carboxylic acids is 2. The second-order valence-electron chi connectivity index (χ2n) is 8.17. The number of carbonyl (C=O) groups is 2. The third-order valence-electron chi connectivity index (χ3n) is 5.73. The zero-order valence-corrected chi connectivity index (χ0v) is 19.0. The summed E-state index contributed by atoms with van der Waals surface area (Å²) in [7, 11) is 0. The minimum absolute atomic E-state index is 0.0363. The first-order valence-corrected chi connectivity index (χ1v) is 11.1. The summed E-state index contributed by atoms with van der Waals surface area (Å²) < 4.78 is 19.3. The molecule has 2 aromatic carbocycles. The topological polar surface area (TPSA) is 79.7 Å². The summed E-state index contributed by atoms with van der Waals surface area (Å²) in [5, 5.41) is 11.3. The zero-order valence-electron chi connectivity index (χ0n) is 19.0. The standard InChI is InChI=1S/C27H25FN2O4/c1-3-13-34-21-10-11-22(17(2)14-21)25(31)23-24(19-6-8-20(28)9-7-19)30(27(33)26(23)32)16-18-5-4-12-29-15-18/h4-12,14-15,24,31H,3,13,16H2,1-2H3/b25-23-. The molecule has 1 unspecified atom stereocenters. The van der Waals surface area contributed by atoms with Crippen LogP contribution in [0.4, 0.5) is 4.39 Å². The Balaban J connectivity index is 1.82. The molecule has 0 saturated carbocycles. The molecule has 174 valence electrons. The smallest absolute Gasteiger partial charge is 0.295 e. The van der Waals surface area contributed by atoms with Crippen molar-refractivity contribution in [3.05, 3.63) is 101 Å². The van der Waals surface area contributed by atoms with Crippen LogP contribution in [0.2, 0.25) is 0 Å². The summed E-state index contributed by atoms with van der Waals surface area (Å²) in [5.41, 5.74) is 2.33. The number of nitrogens with zero attached hydrogens (tertiary/aromatic N) is 2. The number of amides is 1. The summed E-state index contributed by atoms with van der Waals surface area (Å²) in [6, 6.07) is 13.4. The van der Waals surface area contributed by atoms with Gasteiger partial charge in [-0.25, -0.2) is 4.39 Å². The molecule has 1 N–H and O–H groups in total. The van der Waals surface area contributed by atoms with Gasteiger partial charge < -0.3 is 14.7 Å². The van der Waals surface area contributed by atoms with E-state index < -0.39 is 23.5 Å². The van der Waals surface area contributed by atoms with Gasteiger partial charge in [0.15, 0.2) is 0 Å². The molecule has 34 heavy (non-hydrogen) atoms. The fourth-order valence-corrected chi connectivity index (χ4v) is 4.08. The molecule has 3 aromatic rings. The van der Waals surface area contributed by atoms with Crippen molar-refractivity contribution in [2.45, 2.75) is 32.9 Å². The fraction of sp³-hybridized carbons (Fsp3) is 0.222. The van der Waals surface area contributed by atoms with Crippen molar-refractivity contribution in [3.8, 4) is 5.75 Å². The summed E-state index contributed by atoms with van der Waals surface area (Å²) in [5.74, 6) is -1.59. The van der Waals surface area contributed by atoms with Crippen LogP contribution in [0.5, 0.6) is 5.75 Å². The lowest BCUT2D eigenvalue weighted by Gasteiger charge is -2.25. The Morgan fingerprint density at radius 3 is 2.56 bits per heavy atom. The molecule has 1 fully saturated rings. The highest BCUT2D eigenvalue weighted by molar-refractivity contribution is 6.46. The number of hydrogen-bond donors (Lipinski definition) is 1. The van der Waals surface area contributed by atoms with Crippen LogP contribution in [-0.2, 0) is 16.1 Å². The number of rotatable bonds is 7. The van der Waals surface area contributed by atoms with Crippen LogP contribution >= 0.6 is 0 Å². The largest absolute Gasteiger partial charge is 0.507 e. The number of aliphatic hydroxyl groups is 1. The number of ketones is 1. The van der Waals surface area contributed by atoms with Crippen LogP contribution in [0, 0.1) is 12.7 Å². The minimum atomic E-state index is -0.878. The van der Waals surface area contributed by atoms with Crippen molar-refractivity contribution in [1.82, 2.24) is 9.88 Å². The molecule has 2 heterocycles.